The number of piperidine rings is 1. The van der Waals surface area contributed by atoms with E-state index in [-0.39, 0.29) is 12.4 Å². The van der Waals surface area contributed by atoms with E-state index in [4.69, 9.17) is 4.74 Å². The van der Waals surface area contributed by atoms with Crippen molar-refractivity contribution in [2.45, 2.75) is 32.4 Å². The molecule has 0 amide bonds. The highest BCUT2D eigenvalue weighted by atomic mass is 35.5. The molecule has 0 aromatic rings. The lowest BCUT2D eigenvalue weighted by molar-refractivity contribution is -0.0542. The van der Waals surface area contributed by atoms with Crippen molar-refractivity contribution in [3.63, 3.8) is 0 Å². The Morgan fingerprint density at radius 3 is 2.93 bits per heavy atom. The van der Waals surface area contributed by atoms with Crippen molar-refractivity contribution in [2.24, 2.45) is 5.92 Å². The molecular weight excluding hydrogens is 212 g/mol. The van der Waals surface area contributed by atoms with E-state index in [0.717, 1.165) is 13.2 Å². The molecule has 0 aromatic carbocycles. The van der Waals surface area contributed by atoms with Crippen LogP contribution in [0, 0.1) is 5.92 Å². The number of nitrogens with one attached hydrogen (secondary N) is 1. The number of ether oxygens (including phenoxy) is 1. The van der Waals surface area contributed by atoms with Gasteiger partial charge in [-0.3, -0.25) is 5.32 Å². The molecule has 2 aliphatic rings. The Hall–Kier alpha value is 0.170. The summed E-state index contributed by atoms with van der Waals surface area (Å²) < 4.78 is 5.77. The van der Waals surface area contributed by atoms with Crippen molar-refractivity contribution < 1.29 is 4.74 Å². The zero-order chi connectivity index (χ0) is 9.80. The Balaban J connectivity index is 0.00000112. The van der Waals surface area contributed by atoms with Gasteiger partial charge in [-0.25, -0.2) is 0 Å². The maximum Gasteiger partial charge on any atom is 0.112 e. The third kappa shape index (κ3) is 3.59. The Labute approximate surface area is 99.0 Å². The van der Waals surface area contributed by atoms with E-state index in [2.05, 4.69) is 17.1 Å². The lowest BCUT2D eigenvalue weighted by Gasteiger charge is -2.38. The molecule has 1 N–H and O–H groups in total. The Kier molecular flexibility index (Phi) is 5.90. The summed E-state index contributed by atoms with van der Waals surface area (Å²) in [4.78, 5) is 2.54. The van der Waals surface area contributed by atoms with Gasteiger partial charge in [-0.05, 0) is 38.9 Å². The first-order valence-electron chi connectivity index (χ1n) is 5.97. The Morgan fingerprint density at radius 2 is 2.27 bits per heavy atom. The van der Waals surface area contributed by atoms with Gasteiger partial charge in [-0.1, -0.05) is 6.92 Å². The van der Waals surface area contributed by atoms with Crippen LogP contribution in [-0.4, -0.2) is 43.9 Å². The Morgan fingerprint density at radius 1 is 1.40 bits per heavy atom. The molecule has 2 heterocycles. The SMILES string of the molecule is CCN1CCCC(C2NCCCO2)C1.Cl. The maximum absolute atomic E-state index is 5.77. The largest absolute Gasteiger partial charge is 0.363 e. The van der Waals surface area contributed by atoms with Gasteiger partial charge >= 0.3 is 0 Å². The fourth-order valence-corrected chi connectivity index (χ4v) is 2.51. The minimum atomic E-state index is 0. The number of hydrogen-bond donors (Lipinski definition) is 1. The monoisotopic (exact) mass is 234 g/mol. The van der Waals surface area contributed by atoms with Crippen molar-refractivity contribution in [3.8, 4) is 0 Å². The number of rotatable bonds is 2. The highest BCUT2D eigenvalue weighted by Crippen LogP contribution is 2.21. The van der Waals surface area contributed by atoms with Crippen LogP contribution in [0.1, 0.15) is 26.2 Å². The van der Waals surface area contributed by atoms with Gasteiger partial charge < -0.3 is 9.64 Å². The number of halogens is 1. The molecule has 90 valence electrons. The summed E-state index contributed by atoms with van der Waals surface area (Å²) in [6, 6.07) is 0. The second-order valence-corrected chi connectivity index (χ2v) is 4.39. The zero-order valence-corrected chi connectivity index (χ0v) is 10.4. The van der Waals surface area contributed by atoms with E-state index >= 15 is 0 Å². The van der Waals surface area contributed by atoms with Gasteiger partial charge in [0, 0.05) is 19.1 Å². The van der Waals surface area contributed by atoms with E-state index in [1.165, 1.54) is 38.9 Å². The van der Waals surface area contributed by atoms with Crippen LogP contribution in [0.15, 0.2) is 0 Å². The molecule has 0 saturated carbocycles. The molecule has 2 rings (SSSR count). The zero-order valence-electron chi connectivity index (χ0n) is 9.58. The van der Waals surface area contributed by atoms with E-state index < -0.39 is 0 Å². The fraction of sp³-hybridized carbons (Fsp3) is 1.00. The van der Waals surface area contributed by atoms with Crippen molar-refractivity contribution >= 4 is 12.4 Å². The minimum absolute atomic E-state index is 0. The van der Waals surface area contributed by atoms with Gasteiger partial charge in [0.25, 0.3) is 0 Å². The van der Waals surface area contributed by atoms with Gasteiger partial charge in [-0.2, -0.15) is 0 Å². The number of nitrogens with zero attached hydrogens (tertiary/aromatic N) is 1. The molecule has 0 aromatic heterocycles. The van der Waals surface area contributed by atoms with Crippen molar-refractivity contribution in [1.82, 2.24) is 10.2 Å². The van der Waals surface area contributed by atoms with Gasteiger partial charge in [0.05, 0.1) is 0 Å². The molecule has 4 heteroatoms. The molecule has 0 bridgehead atoms. The first kappa shape index (κ1) is 13.2. The summed E-state index contributed by atoms with van der Waals surface area (Å²) in [7, 11) is 0. The van der Waals surface area contributed by atoms with Gasteiger partial charge in [0.2, 0.25) is 0 Å². The topological polar surface area (TPSA) is 24.5 Å². The molecule has 0 radical (unpaired) electrons. The van der Waals surface area contributed by atoms with E-state index in [9.17, 15) is 0 Å². The maximum atomic E-state index is 5.77. The van der Waals surface area contributed by atoms with Crippen LogP contribution in [0.3, 0.4) is 0 Å². The van der Waals surface area contributed by atoms with E-state index in [1.807, 2.05) is 0 Å². The second-order valence-electron chi connectivity index (χ2n) is 4.39. The fourth-order valence-electron chi connectivity index (χ4n) is 2.51. The van der Waals surface area contributed by atoms with Crippen molar-refractivity contribution in [2.75, 3.05) is 32.8 Å². The van der Waals surface area contributed by atoms with Gasteiger partial charge in [0.1, 0.15) is 6.23 Å². The van der Waals surface area contributed by atoms with Crippen LogP contribution in [0.5, 0.6) is 0 Å². The van der Waals surface area contributed by atoms with Crippen LogP contribution in [0.4, 0.5) is 0 Å². The molecule has 0 aliphatic carbocycles. The third-order valence-electron chi connectivity index (χ3n) is 3.38. The van der Waals surface area contributed by atoms with Gasteiger partial charge in [0.15, 0.2) is 0 Å². The Bertz CT molecular complexity index is 174. The highest BCUT2D eigenvalue weighted by Gasteiger charge is 2.28. The molecule has 15 heavy (non-hydrogen) atoms. The minimum Gasteiger partial charge on any atom is -0.363 e. The van der Waals surface area contributed by atoms with E-state index in [1.54, 1.807) is 0 Å². The standard InChI is InChI=1S/C11H22N2O.ClH/c1-2-13-7-3-5-10(9-13)11-12-6-4-8-14-11;/h10-12H,2-9H2,1H3;1H. The summed E-state index contributed by atoms with van der Waals surface area (Å²) in [5.41, 5.74) is 0. The smallest absolute Gasteiger partial charge is 0.112 e. The molecule has 0 spiro atoms. The number of hydrogen-bond acceptors (Lipinski definition) is 3. The van der Waals surface area contributed by atoms with Crippen LogP contribution in [-0.2, 0) is 4.74 Å². The van der Waals surface area contributed by atoms with Crippen LogP contribution in [0.2, 0.25) is 0 Å². The summed E-state index contributed by atoms with van der Waals surface area (Å²) in [6.45, 7) is 8.00. The molecule has 2 saturated heterocycles. The first-order valence-corrected chi connectivity index (χ1v) is 5.97. The molecule has 2 unspecified atom stereocenters. The predicted octanol–water partition coefficient (Wildman–Crippen LogP) is 1.48. The molecule has 2 fully saturated rings. The van der Waals surface area contributed by atoms with Gasteiger partial charge in [-0.15, -0.1) is 12.4 Å². The molecule has 2 aliphatic heterocycles. The van der Waals surface area contributed by atoms with E-state index in [0.29, 0.717) is 12.1 Å². The average Bonchev–Trinajstić information content (AvgIpc) is 2.30. The first-order chi connectivity index (χ1) is 6.90. The quantitative estimate of drug-likeness (QED) is 0.784. The van der Waals surface area contributed by atoms with Crippen LogP contribution in [0.25, 0.3) is 0 Å². The van der Waals surface area contributed by atoms with Crippen LogP contribution < -0.4 is 5.32 Å². The van der Waals surface area contributed by atoms with Crippen LogP contribution >= 0.6 is 12.4 Å². The normalized spacial score (nSPS) is 33.4. The summed E-state index contributed by atoms with van der Waals surface area (Å²) >= 11 is 0. The average molecular weight is 235 g/mol. The second kappa shape index (κ2) is 6.69. The third-order valence-corrected chi connectivity index (χ3v) is 3.38. The number of likely N-dealkylation sites (tertiary alicyclic amines) is 1. The summed E-state index contributed by atoms with van der Waals surface area (Å²) in [6.07, 6.45) is 4.16. The highest BCUT2D eigenvalue weighted by molar-refractivity contribution is 5.85. The molecule has 3 nitrogen and oxygen atoms in total. The lowest BCUT2D eigenvalue weighted by atomic mass is 9.95. The molecular formula is C11H23ClN2O. The predicted molar refractivity (Wildman–Crippen MR) is 64.4 cm³/mol. The van der Waals surface area contributed by atoms with Crippen molar-refractivity contribution in [1.29, 1.82) is 0 Å². The summed E-state index contributed by atoms with van der Waals surface area (Å²) in [5.74, 6) is 0.712. The van der Waals surface area contributed by atoms with Crippen molar-refractivity contribution in [3.05, 3.63) is 0 Å². The molecule has 2 atom stereocenters. The summed E-state index contributed by atoms with van der Waals surface area (Å²) in [5, 5.41) is 3.48. The lowest BCUT2D eigenvalue weighted by Crippen LogP contribution is -2.49.